The van der Waals surface area contributed by atoms with Gasteiger partial charge in [0.05, 0.1) is 4.90 Å². The fraction of sp³-hybridized carbons (Fsp3) is 0.235. The summed E-state index contributed by atoms with van der Waals surface area (Å²) in [6, 6.07) is 10.6. The normalized spacial score (nSPS) is 11.3. The fourth-order valence-electron chi connectivity index (χ4n) is 2.05. The zero-order chi connectivity index (χ0) is 18.4. The smallest absolute Gasteiger partial charge is 0.240 e. The highest BCUT2D eigenvalue weighted by atomic mass is 35.5. The Morgan fingerprint density at radius 2 is 1.96 bits per heavy atom. The Bertz CT molecular complexity index is 872. The van der Waals surface area contributed by atoms with Crippen molar-refractivity contribution in [2.45, 2.75) is 24.8 Å². The minimum absolute atomic E-state index is 0.0336. The molecule has 2 aromatic rings. The number of benzene rings is 2. The maximum Gasteiger partial charge on any atom is 0.240 e. The van der Waals surface area contributed by atoms with Gasteiger partial charge in [-0.25, -0.2) is 17.5 Å². The number of carbonyl (C=O) groups is 1. The number of hydrogen-bond acceptors (Lipinski definition) is 3. The van der Waals surface area contributed by atoms with Crippen molar-refractivity contribution in [2.24, 2.45) is 0 Å². The highest BCUT2D eigenvalue weighted by molar-refractivity contribution is 7.89. The highest BCUT2D eigenvalue weighted by Crippen LogP contribution is 2.15. The first-order chi connectivity index (χ1) is 11.8. The molecule has 5 nitrogen and oxygen atoms in total. The molecule has 0 spiro atoms. The fourth-order valence-corrected chi connectivity index (χ4v) is 3.38. The van der Waals surface area contributed by atoms with E-state index in [1.54, 1.807) is 25.1 Å². The summed E-state index contributed by atoms with van der Waals surface area (Å²) < 4.78 is 39.9. The Kier molecular flexibility index (Phi) is 6.52. The van der Waals surface area contributed by atoms with Crippen molar-refractivity contribution in [1.82, 2.24) is 10.0 Å². The molecule has 134 valence electrons. The highest BCUT2D eigenvalue weighted by Gasteiger charge is 2.14. The summed E-state index contributed by atoms with van der Waals surface area (Å²) >= 11 is 5.77. The molecular weight excluding hydrogens is 367 g/mol. The maximum absolute atomic E-state index is 13.4. The molecule has 0 aliphatic heterocycles. The molecule has 1 amide bonds. The number of amides is 1. The van der Waals surface area contributed by atoms with Crippen LogP contribution in [0.3, 0.4) is 0 Å². The second-order valence-corrected chi connectivity index (χ2v) is 7.67. The van der Waals surface area contributed by atoms with Crippen LogP contribution in [0.1, 0.15) is 17.5 Å². The summed E-state index contributed by atoms with van der Waals surface area (Å²) in [7, 11) is -3.72. The van der Waals surface area contributed by atoms with E-state index in [1.165, 1.54) is 24.3 Å². The van der Waals surface area contributed by atoms with Crippen molar-refractivity contribution in [3.05, 3.63) is 64.4 Å². The van der Waals surface area contributed by atoms with Gasteiger partial charge < -0.3 is 5.32 Å². The van der Waals surface area contributed by atoms with Gasteiger partial charge in [-0.1, -0.05) is 29.8 Å². The van der Waals surface area contributed by atoms with Crippen LogP contribution in [0.2, 0.25) is 5.02 Å². The summed E-state index contributed by atoms with van der Waals surface area (Å²) in [5, 5.41) is 2.93. The first-order valence-electron chi connectivity index (χ1n) is 7.55. The van der Waals surface area contributed by atoms with Crippen LogP contribution in [-0.2, 0) is 21.4 Å². The van der Waals surface area contributed by atoms with Gasteiger partial charge in [0.25, 0.3) is 0 Å². The lowest BCUT2D eigenvalue weighted by Gasteiger charge is -2.08. The van der Waals surface area contributed by atoms with Crippen LogP contribution in [0.4, 0.5) is 4.39 Å². The second kappa shape index (κ2) is 8.42. The first kappa shape index (κ1) is 19.4. The van der Waals surface area contributed by atoms with E-state index in [9.17, 15) is 17.6 Å². The minimum atomic E-state index is -3.72. The largest absolute Gasteiger partial charge is 0.352 e. The lowest BCUT2D eigenvalue weighted by atomic mass is 10.1. The van der Waals surface area contributed by atoms with Crippen LogP contribution in [0.5, 0.6) is 0 Å². The molecule has 0 radical (unpaired) electrons. The first-order valence-corrected chi connectivity index (χ1v) is 9.41. The third-order valence-corrected chi connectivity index (χ3v) is 5.17. The lowest BCUT2D eigenvalue weighted by molar-refractivity contribution is -0.121. The Morgan fingerprint density at radius 3 is 2.64 bits per heavy atom. The molecule has 8 heteroatoms. The number of aryl methyl sites for hydroxylation is 1. The van der Waals surface area contributed by atoms with Gasteiger partial charge in [0.1, 0.15) is 5.82 Å². The topological polar surface area (TPSA) is 75.3 Å². The number of rotatable bonds is 7. The van der Waals surface area contributed by atoms with Crippen LogP contribution in [0.25, 0.3) is 0 Å². The Morgan fingerprint density at radius 1 is 1.20 bits per heavy atom. The summed E-state index contributed by atoms with van der Waals surface area (Å²) in [6.07, 6.45) is -0.0336. The van der Waals surface area contributed by atoms with Crippen molar-refractivity contribution in [1.29, 1.82) is 0 Å². The Balaban J connectivity index is 1.81. The van der Waals surface area contributed by atoms with Gasteiger partial charge in [-0.3, -0.25) is 4.79 Å². The van der Waals surface area contributed by atoms with E-state index in [4.69, 9.17) is 11.6 Å². The molecule has 0 unspecified atom stereocenters. The van der Waals surface area contributed by atoms with E-state index in [0.717, 1.165) is 0 Å². The van der Waals surface area contributed by atoms with Gasteiger partial charge in [-0.2, -0.15) is 0 Å². The molecule has 2 N–H and O–H groups in total. The predicted octanol–water partition coefficient (Wildman–Crippen LogP) is 2.77. The van der Waals surface area contributed by atoms with Crippen molar-refractivity contribution in [2.75, 3.05) is 6.54 Å². The number of sulfonamides is 1. The summed E-state index contributed by atoms with van der Waals surface area (Å²) in [6.45, 7) is 1.78. The summed E-state index contributed by atoms with van der Waals surface area (Å²) in [4.78, 5) is 11.8. The average molecular weight is 385 g/mol. The average Bonchev–Trinajstić information content (AvgIpc) is 2.56. The minimum Gasteiger partial charge on any atom is -0.352 e. The number of hydrogen-bond donors (Lipinski definition) is 2. The quantitative estimate of drug-likeness (QED) is 0.770. The molecule has 0 aliphatic rings. The molecule has 0 aliphatic carbocycles. The maximum atomic E-state index is 13.4. The van der Waals surface area contributed by atoms with Crippen LogP contribution in [0, 0.1) is 12.7 Å². The predicted molar refractivity (Wildman–Crippen MR) is 94.2 cm³/mol. The van der Waals surface area contributed by atoms with E-state index in [0.29, 0.717) is 16.1 Å². The van der Waals surface area contributed by atoms with E-state index in [2.05, 4.69) is 10.0 Å². The second-order valence-electron chi connectivity index (χ2n) is 5.47. The molecule has 0 atom stereocenters. The zero-order valence-corrected chi connectivity index (χ0v) is 15.1. The Labute approximate surface area is 151 Å². The van der Waals surface area contributed by atoms with Crippen LogP contribution in [0.15, 0.2) is 47.4 Å². The van der Waals surface area contributed by atoms with E-state index in [1.807, 2.05) is 0 Å². The molecule has 0 fully saturated rings. The lowest BCUT2D eigenvalue weighted by Crippen LogP contribution is -2.30. The SMILES string of the molecule is Cc1ccc(CNC(=O)CCNS(=O)(=O)c2cccc(Cl)c2)cc1F. The molecule has 0 heterocycles. The number of halogens is 2. The monoisotopic (exact) mass is 384 g/mol. The number of nitrogens with one attached hydrogen (secondary N) is 2. The van der Waals surface area contributed by atoms with Crippen molar-refractivity contribution < 1.29 is 17.6 Å². The van der Waals surface area contributed by atoms with Gasteiger partial charge in [0.2, 0.25) is 15.9 Å². The summed E-state index contributed by atoms with van der Waals surface area (Å²) in [5.41, 5.74) is 1.17. The third-order valence-electron chi connectivity index (χ3n) is 3.48. The van der Waals surface area contributed by atoms with E-state index in [-0.39, 0.29) is 36.1 Å². The van der Waals surface area contributed by atoms with Gasteiger partial charge >= 0.3 is 0 Å². The van der Waals surface area contributed by atoms with Gasteiger partial charge in [-0.15, -0.1) is 0 Å². The third kappa shape index (κ3) is 5.81. The zero-order valence-electron chi connectivity index (χ0n) is 13.6. The van der Waals surface area contributed by atoms with Crippen molar-refractivity contribution in [3.8, 4) is 0 Å². The van der Waals surface area contributed by atoms with Gasteiger partial charge in [0.15, 0.2) is 0 Å². The van der Waals surface area contributed by atoms with Crippen molar-refractivity contribution in [3.63, 3.8) is 0 Å². The van der Waals surface area contributed by atoms with E-state index >= 15 is 0 Å². The molecule has 2 aromatic carbocycles. The van der Waals surface area contributed by atoms with Crippen molar-refractivity contribution >= 4 is 27.5 Å². The molecule has 0 saturated carbocycles. The number of carbonyl (C=O) groups excluding carboxylic acids is 1. The molecule has 0 aromatic heterocycles. The molecule has 2 rings (SSSR count). The van der Waals surface area contributed by atoms with Gasteiger partial charge in [-0.05, 0) is 42.3 Å². The Hall–Kier alpha value is -1.96. The van der Waals surface area contributed by atoms with E-state index < -0.39 is 10.0 Å². The van der Waals surface area contributed by atoms with Crippen LogP contribution in [-0.4, -0.2) is 20.9 Å². The molecular formula is C17H18ClFN2O3S. The van der Waals surface area contributed by atoms with Crippen LogP contribution < -0.4 is 10.0 Å². The molecule has 25 heavy (non-hydrogen) atoms. The standard InChI is InChI=1S/C17H18ClFN2O3S/c1-12-5-6-13(9-16(12)19)11-20-17(22)7-8-21-25(23,24)15-4-2-3-14(18)10-15/h2-6,9-10,21H,7-8,11H2,1H3,(H,20,22). The molecule has 0 bridgehead atoms. The molecule has 0 saturated heterocycles. The summed E-state index contributed by atoms with van der Waals surface area (Å²) in [5.74, 6) is -0.671. The van der Waals surface area contributed by atoms with Gasteiger partial charge in [0, 0.05) is 24.5 Å². The van der Waals surface area contributed by atoms with Crippen LogP contribution >= 0.6 is 11.6 Å².